The molecular formula is C34H44FN3O6. The number of amides is 2. The van der Waals surface area contributed by atoms with Gasteiger partial charge in [0.1, 0.15) is 30.0 Å². The highest BCUT2D eigenvalue weighted by Crippen LogP contribution is 2.28. The molecule has 3 rings (SSSR count). The van der Waals surface area contributed by atoms with Crippen LogP contribution in [0.1, 0.15) is 70.9 Å². The molecule has 2 N–H and O–H groups in total. The number of rotatable bonds is 13. The third kappa shape index (κ3) is 8.90. The zero-order valence-corrected chi connectivity index (χ0v) is 26.8. The minimum Gasteiger partial charge on any atom is -0.483 e. The van der Waals surface area contributed by atoms with Gasteiger partial charge in [0.25, 0.3) is 5.91 Å². The van der Waals surface area contributed by atoms with E-state index in [1.165, 1.54) is 18.2 Å². The Labute approximate surface area is 258 Å². The fourth-order valence-electron chi connectivity index (χ4n) is 4.99. The van der Waals surface area contributed by atoms with Gasteiger partial charge < -0.3 is 24.7 Å². The number of carbonyl (C=O) groups excluding carboxylic acids is 4. The zero-order valence-electron chi connectivity index (χ0n) is 26.8. The molecule has 0 spiro atoms. The van der Waals surface area contributed by atoms with Gasteiger partial charge in [-0.05, 0) is 62.8 Å². The van der Waals surface area contributed by atoms with Crippen LogP contribution in [0.25, 0.3) is 10.9 Å². The van der Waals surface area contributed by atoms with E-state index in [4.69, 9.17) is 9.47 Å². The molecular weight excluding hydrogens is 565 g/mol. The first-order valence-electron chi connectivity index (χ1n) is 14.9. The van der Waals surface area contributed by atoms with Crippen LogP contribution < -0.4 is 15.4 Å². The first kappa shape index (κ1) is 34.3. The molecule has 9 nitrogen and oxygen atoms in total. The van der Waals surface area contributed by atoms with Gasteiger partial charge in [0.05, 0.1) is 6.42 Å². The minimum absolute atomic E-state index is 0.136. The maximum absolute atomic E-state index is 14.1. The highest BCUT2D eigenvalue weighted by atomic mass is 19.1. The number of ketones is 1. The first-order valence-corrected chi connectivity index (χ1v) is 14.9. The van der Waals surface area contributed by atoms with Gasteiger partial charge in [-0.1, -0.05) is 58.0 Å². The lowest BCUT2D eigenvalue weighted by Crippen LogP contribution is -2.55. The number of nitrogens with zero attached hydrogens (tertiary/aromatic N) is 1. The molecule has 1 heterocycles. The second-order valence-electron chi connectivity index (χ2n) is 12.7. The molecule has 2 atom stereocenters. The van der Waals surface area contributed by atoms with Crippen molar-refractivity contribution in [3.63, 3.8) is 0 Å². The Morgan fingerprint density at radius 1 is 0.932 bits per heavy atom. The second-order valence-corrected chi connectivity index (χ2v) is 12.7. The van der Waals surface area contributed by atoms with Crippen molar-refractivity contribution in [1.29, 1.82) is 0 Å². The quantitative estimate of drug-likeness (QED) is 0.260. The smallest absolute Gasteiger partial charge is 0.308 e. The minimum atomic E-state index is -1.34. The molecule has 3 aromatic rings. The van der Waals surface area contributed by atoms with Crippen LogP contribution in [0.15, 0.2) is 48.5 Å². The number of halogens is 1. The van der Waals surface area contributed by atoms with E-state index in [1.807, 2.05) is 35.9 Å². The highest BCUT2D eigenvalue weighted by Gasteiger charge is 2.33. The van der Waals surface area contributed by atoms with E-state index in [0.29, 0.717) is 12.1 Å². The zero-order chi connectivity index (χ0) is 32.8. The normalized spacial score (nSPS) is 13.1. The van der Waals surface area contributed by atoms with Crippen LogP contribution in [0.2, 0.25) is 0 Å². The predicted octanol–water partition coefficient (Wildman–Crippen LogP) is 5.14. The van der Waals surface area contributed by atoms with Crippen molar-refractivity contribution in [3.05, 3.63) is 65.6 Å². The molecule has 0 radical (unpaired) electrons. The van der Waals surface area contributed by atoms with E-state index in [1.54, 1.807) is 40.7 Å². The third-order valence-corrected chi connectivity index (χ3v) is 6.98. The van der Waals surface area contributed by atoms with Crippen LogP contribution in [-0.4, -0.2) is 52.4 Å². The first-order chi connectivity index (χ1) is 20.6. The van der Waals surface area contributed by atoms with Crippen LogP contribution in [0.5, 0.6) is 5.75 Å². The average Bonchev–Trinajstić information content (AvgIpc) is 3.20. The molecule has 44 heavy (non-hydrogen) atoms. The second kappa shape index (κ2) is 14.5. The fraction of sp³-hybridized carbons (Fsp3) is 0.471. The summed E-state index contributed by atoms with van der Waals surface area (Å²) in [6.07, 6.45) is 0.195. The lowest BCUT2D eigenvalue weighted by atomic mass is 9.98. The number of hydrogen-bond donors (Lipinski definition) is 2. The number of Topliss-reactive ketones (excluding diaryl/α,β-unsaturated/α-hetero) is 1. The van der Waals surface area contributed by atoms with Crippen molar-refractivity contribution in [3.8, 4) is 5.75 Å². The van der Waals surface area contributed by atoms with E-state index in [9.17, 15) is 23.6 Å². The van der Waals surface area contributed by atoms with Crippen molar-refractivity contribution in [1.82, 2.24) is 15.2 Å². The Hall–Kier alpha value is -4.21. The number of ether oxygens (including phenoxy) is 2. The molecule has 10 heteroatoms. The van der Waals surface area contributed by atoms with Crippen LogP contribution in [0.3, 0.4) is 0 Å². The molecule has 1 aromatic heterocycles. The fourth-order valence-corrected chi connectivity index (χ4v) is 4.99. The van der Waals surface area contributed by atoms with Gasteiger partial charge in [-0.2, -0.15) is 0 Å². The molecule has 0 aliphatic rings. The molecule has 0 bridgehead atoms. The molecule has 0 aliphatic heterocycles. The van der Waals surface area contributed by atoms with Gasteiger partial charge in [-0.15, -0.1) is 0 Å². The van der Waals surface area contributed by atoms with Gasteiger partial charge in [0.2, 0.25) is 5.91 Å². The largest absolute Gasteiger partial charge is 0.483 e. The number of aryl methyl sites for hydroxylation is 1. The summed E-state index contributed by atoms with van der Waals surface area (Å²) in [5, 5.41) is 6.46. The van der Waals surface area contributed by atoms with Gasteiger partial charge in [0, 0.05) is 18.0 Å². The monoisotopic (exact) mass is 609 g/mol. The Morgan fingerprint density at radius 2 is 1.57 bits per heavy atom. The maximum Gasteiger partial charge on any atom is 0.308 e. The molecule has 1 unspecified atom stereocenters. The summed E-state index contributed by atoms with van der Waals surface area (Å²) in [7, 11) is 1.82. The molecule has 0 fully saturated rings. The van der Waals surface area contributed by atoms with Crippen LogP contribution in [-0.2, 0) is 32.6 Å². The topological polar surface area (TPSA) is 116 Å². The van der Waals surface area contributed by atoms with Crippen molar-refractivity contribution < 1.29 is 33.0 Å². The number of esters is 1. The standard InChI is InChI=1S/C34H44FN3O6/c1-20(2)17-23-22-13-9-11-15-26(22)38(8)31(23)33(42)37-30(21(3)4)32(41)36-25(18-29(40)44-34(5,6)7)27(39)19-43-28-16-12-10-14-24(28)35/h9-16,20-21,25,30H,17-19H2,1-8H3,(H,36,41)(H,37,42)/t25?,30-/m0/s1. The van der Waals surface area contributed by atoms with Gasteiger partial charge in [-0.3, -0.25) is 19.2 Å². The summed E-state index contributed by atoms with van der Waals surface area (Å²) in [4.78, 5) is 53.4. The van der Waals surface area contributed by atoms with Crippen LogP contribution in [0.4, 0.5) is 4.39 Å². The Bertz CT molecular complexity index is 1500. The van der Waals surface area contributed by atoms with E-state index in [-0.39, 0.29) is 17.6 Å². The summed E-state index contributed by atoms with van der Waals surface area (Å²) in [5.74, 6) is -3.31. The number of nitrogens with one attached hydrogen (secondary N) is 2. The molecule has 0 saturated carbocycles. The van der Waals surface area contributed by atoms with Crippen LogP contribution >= 0.6 is 0 Å². The van der Waals surface area contributed by atoms with E-state index in [2.05, 4.69) is 24.5 Å². The maximum atomic E-state index is 14.1. The predicted molar refractivity (Wildman–Crippen MR) is 167 cm³/mol. The number of aromatic nitrogens is 1. The number of fused-ring (bicyclic) bond motifs is 1. The number of hydrogen-bond acceptors (Lipinski definition) is 6. The van der Waals surface area contributed by atoms with Crippen LogP contribution in [0, 0.1) is 17.7 Å². The molecule has 2 aromatic carbocycles. The molecule has 0 saturated heterocycles. The van der Waals surface area contributed by atoms with Crippen molar-refractivity contribution in [2.45, 2.75) is 79.0 Å². The van der Waals surface area contributed by atoms with E-state index in [0.717, 1.165) is 16.5 Å². The van der Waals surface area contributed by atoms with E-state index < -0.39 is 60.1 Å². The van der Waals surface area contributed by atoms with Crippen molar-refractivity contribution in [2.75, 3.05) is 6.61 Å². The van der Waals surface area contributed by atoms with Gasteiger partial charge in [0.15, 0.2) is 17.3 Å². The number of carbonyl (C=O) groups is 4. The summed E-state index contributed by atoms with van der Waals surface area (Å²) in [6.45, 7) is 12.2. The lowest BCUT2D eigenvalue weighted by Gasteiger charge is -2.26. The number of benzene rings is 2. The summed E-state index contributed by atoms with van der Waals surface area (Å²) >= 11 is 0. The Balaban J connectivity index is 1.86. The third-order valence-electron chi connectivity index (χ3n) is 6.98. The molecule has 238 valence electrons. The molecule has 2 amide bonds. The summed E-state index contributed by atoms with van der Waals surface area (Å²) < 4.78 is 26.6. The Morgan fingerprint density at radius 3 is 2.18 bits per heavy atom. The lowest BCUT2D eigenvalue weighted by molar-refractivity contribution is -0.156. The number of para-hydroxylation sites is 2. The Kier molecular flexibility index (Phi) is 11.3. The average molecular weight is 610 g/mol. The summed E-state index contributed by atoms with van der Waals surface area (Å²) in [5.41, 5.74) is 1.43. The molecule has 0 aliphatic carbocycles. The highest BCUT2D eigenvalue weighted by molar-refractivity contribution is 6.04. The van der Waals surface area contributed by atoms with Crippen molar-refractivity contribution in [2.24, 2.45) is 18.9 Å². The van der Waals surface area contributed by atoms with Crippen molar-refractivity contribution >= 4 is 34.5 Å². The van der Waals surface area contributed by atoms with Gasteiger partial charge in [-0.25, -0.2) is 4.39 Å². The summed E-state index contributed by atoms with van der Waals surface area (Å²) in [6, 6.07) is 11.0. The van der Waals surface area contributed by atoms with E-state index >= 15 is 0 Å². The van der Waals surface area contributed by atoms with Gasteiger partial charge >= 0.3 is 5.97 Å². The SMILES string of the molecule is CC(C)Cc1c(C(=O)N[C@H](C(=O)NC(CC(=O)OC(C)(C)C)C(=O)COc2ccccc2F)C(C)C)n(C)c2ccccc12.